The molecule has 5 atom stereocenters. The van der Waals surface area contributed by atoms with Crippen LogP contribution in [0.15, 0.2) is 5.16 Å². The van der Waals surface area contributed by atoms with Gasteiger partial charge in [-0.1, -0.05) is 30.3 Å². The predicted octanol–water partition coefficient (Wildman–Crippen LogP) is -1.16. The van der Waals surface area contributed by atoms with Gasteiger partial charge in [0, 0.05) is 0 Å². The molecule has 1 heterocycles. The zero-order valence-corrected chi connectivity index (χ0v) is 14.0. The van der Waals surface area contributed by atoms with Crippen molar-refractivity contribution in [1.82, 2.24) is 0 Å². The van der Waals surface area contributed by atoms with Gasteiger partial charge in [-0.15, -0.1) is 0 Å². The molecule has 1 aliphatic heterocycles. The van der Waals surface area contributed by atoms with E-state index in [4.69, 9.17) is 14.4 Å². The highest BCUT2D eigenvalue weighted by Gasteiger charge is 2.44. The number of rotatable bonds is 7. The molecular formula is C11H21NO9S2. The molecule has 0 unspecified atom stereocenters. The Balaban J connectivity index is 2.84. The fourth-order valence-corrected chi connectivity index (χ4v) is 3.18. The smallest absolute Gasteiger partial charge is 0.394 e. The first kappa shape index (κ1) is 20.6. The number of ether oxygens (including phenoxy) is 1. The summed E-state index contributed by atoms with van der Waals surface area (Å²) in [6.45, 7) is 1.31. The molecule has 1 fully saturated rings. The number of hydrogen-bond donors (Lipinski definition) is 5. The molecule has 23 heavy (non-hydrogen) atoms. The Morgan fingerprint density at radius 1 is 1.26 bits per heavy atom. The van der Waals surface area contributed by atoms with Crippen LogP contribution in [0, 0.1) is 0 Å². The predicted molar refractivity (Wildman–Crippen MR) is 81.0 cm³/mol. The third-order valence-electron chi connectivity index (χ3n) is 3.08. The molecule has 0 aromatic carbocycles. The molecule has 0 radical (unpaired) electrons. The second-order valence-corrected chi connectivity index (χ2v) is 7.08. The van der Waals surface area contributed by atoms with Crippen molar-refractivity contribution in [2.24, 2.45) is 5.16 Å². The number of hydrogen-bond acceptors (Lipinski definition) is 10. The summed E-state index contributed by atoms with van der Waals surface area (Å²) in [5.41, 5.74) is -1.11. The summed E-state index contributed by atoms with van der Waals surface area (Å²) < 4.78 is 39.0. The van der Waals surface area contributed by atoms with E-state index in [1.165, 1.54) is 0 Å². The maximum atomic E-state index is 10.6. The number of thioether (sulfide) groups is 1. The number of unbranched alkanes of at least 4 members (excludes halogenated alkanes) is 1. The fourth-order valence-electron chi connectivity index (χ4n) is 1.84. The van der Waals surface area contributed by atoms with E-state index in [1.54, 1.807) is 0 Å². The van der Waals surface area contributed by atoms with Crippen molar-refractivity contribution in [2.45, 2.75) is 56.0 Å². The first-order valence-electron chi connectivity index (χ1n) is 6.89. The molecule has 0 saturated carbocycles. The van der Waals surface area contributed by atoms with Gasteiger partial charge in [-0.3, -0.25) is 4.55 Å². The molecule has 10 nitrogen and oxygen atoms in total. The number of nitrogens with zero attached hydrogens (tertiary/aromatic N) is 1. The van der Waals surface area contributed by atoms with Gasteiger partial charge in [0.15, 0.2) is 0 Å². The van der Waals surface area contributed by atoms with Gasteiger partial charge in [0.25, 0.3) is 0 Å². The van der Waals surface area contributed by atoms with Crippen molar-refractivity contribution in [2.75, 3.05) is 6.61 Å². The summed E-state index contributed by atoms with van der Waals surface area (Å²) in [4.78, 5) is 0. The van der Waals surface area contributed by atoms with E-state index in [9.17, 15) is 23.7 Å². The highest BCUT2D eigenvalue weighted by molar-refractivity contribution is 8.14. The van der Waals surface area contributed by atoms with Gasteiger partial charge < -0.3 is 25.2 Å². The van der Waals surface area contributed by atoms with E-state index in [2.05, 4.69) is 9.44 Å². The van der Waals surface area contributed by atoms with E-state index in [1.807, 2.05) is 6.92 Å². The highest BCUT2D eigenvalue weighted by Crippen LogP contribution is 2.30. The van der Waals surface area contributed by atoms with Crippen molar-refractivity contribution >= 4 is 27.2 Å². The van der Waals surface area contributed by atoms with Crippen molar-refractivity contribution in [1.29, 1.82) is 0 Å². The third-order valence-corrected chi connectivity index (χ3v) is 4.51. The van der Waals surface area contributed by atoms with Crippen LogP contribution in [0.1, 0.15) is 26.2 Å². The van der Waals surface area contributed by atoms with E-state index in [0.717, 1.165) is 18.2 Å². The van der Waals surface area contributed by atoms with Crippen LogP contribution < -0.4 is 0 Å². The SMILES string of the molecule is CCCC/C(=N/OS(=O)(=O)O)S[C@@H]1O[C@H](CO)[C@@H](O)[C@H](O)[C@H]1O. The van der Waals surface area contributed by atoms with Gasteiger partial charge in [0.2, 0.25) is 0 Å². The summed E-state index contributed by atoms with van der Waals surface area (Å²) in [6.07, 6.45) is -3.94. The molecule has 0 spiro atoms. The summed E-state index contributed by atoms with van der Waals surface area (Å²) in [6, 6.07) is 0. The zero-order valence-electron chi connectivity index (χ0n) is 12.3. The normalized spacial score (nSPS) is 32.8. The minimum absolute atomic E-state index is 0.105. The molecule has 5 N–H and O–H groups in total. The average molecular weight is 375 g/mol. The highest BCUT2D eigenvalue weighted by atomic mass is 32.3. The fraction of sp³-hybridized carbons (Fsp3) is 0.909. The summed E-state index contributed by atoms with van der Waals surface area (Å²) in [5, 5.41) is 41.8. The summed E-state index contributed by atoms with van der Waals surface area (Å²) >= 11 is 0.774. The quantitative estimate of drug-likeness (QED) is 0.158. The summed E-state index contributed by atoms with van der Waals surface area (Å²) in [7, 11) is -4.77. The molecule has 0 amide bonds. The molecule has 1 rings (SSSR count). The lowest BCUT2D eigenvalue weighted by Crippen LogP contribution is -2.57. The molecule has 0 aliphatic carbocycles. The van der Waals surface area contributed by atoms with Crippen molar-refractivity contribution in [3.05, 3.63) is 0 Å². The second-order valence-electron chi connectivity index (χ2n) is 4.91. The first-order valence-corrected chi connectivity index (χ1v) is 9.14. The Bertz CT molecular complexity index is 496. The van der Waals surface area contributed by atoms with E-state index in [-0.39, 0.29) is 11.5 Å². The lowest BCUT2D eigenvalue weighted by molar-refractivity contribution is -0.205. The second kappa shape index (κ2) is 9.13. The van der Waals surface area contributed by atoms with E-state index in [0.29, 0.717) is 6.42 Å². The van der Waals surface area contributed by atoms with Crippen LogP contribution in [0.4, 0.5) is 0 Å². The molecule has 1 aliphatic rings. The zero-order chi connectivity index (χ0) is 17.6. The van der Waals surface area contributed by atoms with E-state index >= 15 is 0 Å². The van der Waals surface area contributed by atoms with Crippen molar-refractivity contribution in [3.63, 3.8) is 0 Å². The molecule has 1 saturated heterocycles. The van der Waals surface area contributed by atoms with Crippen LogP contribution in [0.2, 0.25) is 0 Å². The Morgan fingerprint density at radius 2 is 1.91 bits per heavy atom. The number of oxime groups is 1. The monoisotopic (exact) mass is 375 g/mol. The van der Waals surface area contributed by atoms with Gasteiger partial charge in [-0.2, -0.15) is 8.42 Å². The Labute approximate surface area is 138 Å². The number of aliphatic hydroxyl groups is 4. The van der Waals surface area contributed by atoms with Gasteiger partial charge in [-0.05, 0) is 12.8 Å². The molecule has 0 aromatic heterocycles. The molecule has 0 aromatic rings. The van der Waals surface area contributed by atoms with Gasteiger partial charge in [-0.25, -0.2) is 4.28 Å². The van der Waals surface area contributed by atoms with Crippen LogP contribution in [-0.4, -0.2) is 74.9 Å². The van der Waals surface area contributed by atoms with Crippen LogP contribution in [-0.2, 0) is 19.4 Å². The van der Waals surface area contributed by atoms with Crippen LogP contribution >= 0.6 is 11.8 Å². The van der Waals surface area contributed by atoms with Crippen molar-refractivity contribution < 1.29 is 42.4 Å². The third kappa shape index (κ3) is 6.51. The summed E-state index contributed by atoms with van der Waals surface area (Å²) in [5.74, 6) is 0. The molecule has 136 valence electrons. The topological polar surface area (TPSA) is 166 Å². The van der Waals surface area contributed by atoms with Gasteiger partial charge in [0.05, 0.1) is 6.61 Å². The van der Waals surface area contributed by atoms with Crippen LogP contribution in [0.25, 0.3) is 0 Å². The Hall–Kier alpha value is -0.470. The van der Waals surface area contributed by atoms with Gasteiger partial charge in [0.1, 0.15) is 34.9 Å². The minimum atomic E-state index is -4.77. The van der Waals surface area contributed by atoms with E-state index < -0.39 is 46.9 Å². The maximum absolute atomic E-state index is 10.6. The van der Waals surface area contributed by atoms with Crippen molar-refractivity contribution in [3.8, 4) is 0 Å². The molecule has 0 bridgehead atoms. The molecular weight excluding hydrogens is 354 g/mol. The molecule has 12 heteroatoms. The van der Waals surface area contributed by atoms with Crippen LogP contribution in [0.3, 0.4) is 0 Å². The average Bonchev–Trinajstić information content (AvgIpc) is 2.49. The first-order chi connectivity index (χ1) is 10.7. The largest absolute Gasteiger partial charge is 0.466 e. The Morgan fingerprint density at radius 3 is 2.43 bits per heavy atom. The lowest BCUT2D eigenvalue weighted by Gasteiger charge is -2.39. The minimum Gasteiger partial charge on any atom is -0.394 e. The number of aliphatic hydroxyl groups excluding tert-OH is 4. The van der Waals surface area contributed by atoms with Crippen LogP contribution in [0.5, 0.6) is 0 Å². The maximum Gasteiger partial charge on any atom is 0.466 e. The lowest BCUT2D eigenvalue weighted by atomic mass is 10.0. The standard InChI is InChI=1S/C11H21NO9S2/c1-2-3-4-7(12-21-23(17,18)19)22-11-10(16)9(15)8(14)6(5-13)20-11/h6,8-11,13-16H,2-5H2,1H3,(H,17,18,19)/b12-7-/t6-,8-,9+,10-,11+/m1/s1. The Kier molecular flexibility index (Phi) is 8.17. The van der Waals surface area contributed by atoms with Gasteiger partial charge >= 0.3 is 10.4 Å².